The minimum Gasteiger partial charge on any atom is -0.452 e. The summed E-state index contributed by atoms with van der Waals surface area (Å²) in [4.78, 5) is 46.5. The van der Waals surface area contributed by atoms with Crippen LogP contribution in [0.25, 0.3) is 21.9 Å². The number of anilines is 1. The van der Waals surface area contributed by atoms with Crippen molar-refractivity contribution in [2.24, 2.45) is 0 Å². The number of benzene rings is 2. The molecular formula is C22H19BrN4O4. The van der Waals surface area contributed by atoms with Crippen molar-refractivity contribution in [2.75, 3.05) is 11.9 Å². The summed E-state index contributed by atoms with van der Waals surface area (Å²) in [6.45, 7) is 3.31. The maximum atomic E-state index is 12.8. The zero-order chi connectivity index (χ0) is 22.1. The number of aromatic amines is 2. The lowest BCUT2D eigenvalue weighted by Gasteiger charge is -2.13. The molecule has 0 aliphatic heterocycles. The number of esters is 1. The van der Waals surface area contributed by atoms with E-state index in [1.54, 1.807) is 12.1 Å². The summed E-state index contributed by atoms with van der Waals surface area (Å²) in [5, 5.41) is 3.55. The van der Waals surface area contributed by atoms with Gasteiger partial charge in [-0.05, 0) is 53.0 Å². The summed E-state index contributed by atoms with van der Waals surface area (Å²) in [5.41, 5.74) is 3.87. The Hall–Kier alpha value is -3.46. The molecule has 31 heavy (non-hydrogen) atoms. The summed E-state index contributed by atoms with van der Waals surface area (Å²) >= 11 is 3.36. The van der Waals surface area contributed by atoms with Crippen molar-refractivity contribution in [3.8, 4) is 0 Å². The number of nitrogens with zero attached hydrogens (tertiary/aromatic N) is 1. The van der Waals surface area contributed by atoms with Gasteiger partial charge < -0.3 is 20.0 Å². The Labute approximate surface area is 185 Å². The lowest BCUT2D eigenvalue weighted by molar-refractivity contribution is -0.119. The first-order valence-corrected chi connectivity index (χ1v) is 10.4. The molecule has 8 nitrogen and oxygen atoms in total. The summed E-state index contributed by atoms with van der Waals surface area (Å²) < 4.78 is 5.88. The number of aromatic nitrogens is 3. The summed E-state index contributed by atoms with van der Waals surface area (Å²) in [5.74, 6) is -1.09. The molecule has 4 aromatic rings. The molecule has 9 heteroatoms. The Balaban J connectivity index is 1.51. The predicted molar refractivity (Wildman–Crippen MR) is 121 cm³/mol. The highest BCUT2D eigenvalue weighted by atomic mass is 79.9. The van der Waals surface area contributed by atoms with Gasteiger partial charge in [0.05, 0.1) is 33.5 Å². The minimum absolute atomic E-state index is 0.342. The highest BCUT2D eigenvalue weighted by molar-refractivity contribution is 9.10. The molecule has 0 aliphatic rings. The fourth-order valence-electron chi connectivity index (χ4n) is 3.51. The largest absolute Gasteiger partial charge is 0.452 e. The third-order valence-electron chi connectivity index (χ3n) is 4.98. The fourth-order valence-corrected chi connectivity index (χ4v) is 3.95. The number of rotatable bonds is 5. The zero-order valence-corrected chi connectivity index (χ0v) is 18.4. The molecule has 1 amide bonds. The van der Waals surface area contributed by atoms with Crippen LogP contribution < -0.4 is 11.0 Å². The molecule has 0 fully saturated rings. The number of hydrogen-bond donors (Lipinski definition) is 3. The van der Waals surface area contributed by atoms with Crippen LogP contribution in [0.15, 0.2) is 45.7 Å². The molecule has 0 spiro atoms. The van der Waals surface area contributed by atoms with Gasteiger partial charge in [0, 0.05) is 9.86 Å². The van der Waals surface area contributed by atoms with E-state index in [1.165, 1.54) is 0 Å². The minimum atomic E-state index is -0.591. The lowest BCUT2D eigenvalue weighted by Crippen LogP contribution is -2.22. The van der Waals surface area contributed by atoms with Gasteiger partial charge in [0.25, 0.3) is 5.91 Å². The van der Waals surface area contributed by atoms with E-state index in [0.29, 0.717) is 38.9 Å². The van der Waals surface area contributed by atoms with Crippen molar-refractivity contribution in [3.05, 3.63) is 68.2 Å². The standard InChI is InChI=1S/C22H19BrN4O4/c1-3-14-20(11(2)12-6-4-5-7-15(12)24-14)21(29)31-10-19(28)25-16-9-18-17(8-13(16)23)26-22(30)27-18/h4-9H,3,10H2,1-2H3,(H,25,28)(H2,26,27,30). The second kappa shape index (κ2) is 8.35. The van der Waals surface area contributed by atoms with Crippen molar-refractivity contribution in [2.45, 2.75) is 20.3 Å². The second-order valence-corrected chi connectivity index (χ2v) is 7.86. The third-order valence-corrected chi connectivity index (χ3v) is 5.63. The van der Waals surface area contributed by atoms with E-state index in [4.69, 9.17) is 4.74 Å². The van der Waals surface area contributed by atoms with E-state index < -0.39 is 18.5 Å². The average Bonchev–Trinajstić information content (AvgIpc) is 3.10. The molecular weight excluding hydrogens is 464 g/mol. The first-order chi connectivity index (χ1) is 14.9. The van der Waals surface area contributed by atoms with Crippen molar-refractivity contribution in [1.82, 2.24) is 15.0 Å². The van der Waals surface area contributed by atoms with Gasteiger partial charge in [-0.3, -0.25) is 9.78 Å². The van der Waals surface area contributed by atoms with Crippen LogP contribution in [0.3, 0.4) is 0 Å². The topological polar surface area (TPSA) is 117 Å². The molecule has 3 N–H and O–H groups in total. The number of halogens is 1. The van der Waals surface area contributed by atoms with E-state index in [9.17, 15) is 14.4 Å². The normalized spacial score (nSPS) is 11.1. The van der Waals surface area contributed by atoms with Crippen molar-refractivity contribution >= 4 is 55.4 Å². The van der Waals surface area contributed by atoms with Gasteiger partial charge in [0.1, 0.15) is 0 Å². The molecule has 0 saturated heterocycles. The number of amides is 1. The molecule has 158 valence electrons. The Bertz CT molecular complexity index is 1390. The van der Waals surface area contributed by atoms with E-state index >= 15 is 0 Å². The van der Waals surface area contributed by atoms with Crippen molar-refractivity contribution in [3.63, 3.8) is 0 Å². The number of carbonyl (C=O) groups excluding carboxylic acids is 2. The van der Waals surface area contributed by atoms with E-state index in [-0.39, 0.29) is 5.69 Å². The molecule has 2 aromatic carbocycles. The van der Waals surface area contributed by atoms with Crippen LogP contribution in [0.1, 0.15) is 28.5 Å². The maximum Gasteiger partial charge on any atom is 0.340 e. The quantitative estimate of drug-likeness (QED) is 0.373. The zero-order valence-electron chi connectivity index (χ0n) is 16.8. The molecule has 4 rings (SSSR count). The lowest BCUT2D eigenvalue weighted by atomic mass is 10.0. The number of H-pyrrole nitrogens is 2. The molecule has 0 radical (unpaired) electrons. The summed E-state index contributed by atoms with van der Waals surface area (Å²) in [7, 11) is 0. The molecule has 0 unspecified atom stereocenters. The highest BCUT2D eigenvalue weighted by Crippen LogP contribution is 2.27. The molecule has 0 atom stereocenters. The fraction of sp³-hybridized carbons (Fsp3) is 0.182. The number of ether oxygens (including phenoxy) is 1. The molecule has 0 aliphatic carbocycles. The number of hydrogen-bond acceptors (Lipinski definition) is 5. The third kappa shape index (κ3) is 4.09. The van der Waals surface area contributed by atoms with Crippen LogP contribution in [-0.4, -0.2) is 33.4 Å². The van der Waals surface area contributed by atoms with E-state index in [0.717, 1.165) is 16.5 Å². The SMILES string of the molecule is CCc1nc2ccccc2c(C)c1C(=O)OCC(=O)Nc1cc2[nH]c(=O)[nH]c2cc1Br. The van der Waals surface area contributed by atoms with Crippen LogP contribution in [0.5, 0.6) is 0 Å². The van der Waals surface area contributed by atoms with Gasteiger partial charge in [0.15, 0.2) is 6.61 Å². The number of fused-ring (bicyclic) bond motifs is 2. The van der Waals surface area contributed by atoms with Gasteiger partial charge in [-0.1, -0.05) is 25.1 Å². The number of aryl methyl sites for hydroxylation is 2. The van der Waals surface area contributed by atoms with Crippen molar-refractivity contribution in [1.29, 1.82) is 0 Å². The van der Waals surface area contributed by atoms with Crippen LogP contribution in [0, 0.1) is 6.92 Å². The first-order valence-electron chi connectivity index (χ1n) is 9.64. The average molecular weight is 483 g/mol. The van der Waals surface area contributed by atoms with Crippen molar-refractivity contribution < 1.29 is 14.3 Å². The summed E-state index contributed by atoms with van der Waals surface area (Å²) in [6.07, 6.45) is 0.560. The Morgan fingerprint density at radius 2 is 1.87 bits per heavy atom. The number of para-hydroxylation sites is 1. The smallest absolute Gasteiger partial charge is 0.340 e. The van der Waals surface area contributed by atoms with Crippen LogP contribution in [0.2, 0.25) is 0 Å². The number of pyridine rings is 1. The van der Waals surface area contributed by atoms with Crippen LogP contribution in [0.4, 0.5) is 5.69 Å². The monoisotopic (exact) mass is 482 g/mol. The van der Waals surface area contributed by atoms with Gasteiger partial charge in [-0.15, -0.1) is 0 Å². The highest BCUT2D eigenvalue weighted by Gasteiger charge is 2.20. The number of imidazole rings is 1. The summed E-state index contributed by atoms with van der Waals surface area (Å²) in [6, 6.07) is 10.9. The van der Waals surface area contributed by atoms with Crippen LogP contribution >= 0.6 is 15.9 Å². The van der Waals surface area contributed by atoms with Gasteiger partial charge in [-0.2, -0.15) is 0 Å². The molecule has 2 aromatic heterocycles. The van der Waals surface area contributed by atoms with Gasteiger partial charge in [-0.25, -0.2) is 9.59 Å². The Morgan fingerprint density at radius 1 is 1.16 bits per heavy atom. The van der Waals surface area contributed by atoms with Gasteiger partial charge >= 0.3 is 11.7 Å². The molecule has 0 saturated carbocycles. The van der Waals surface area contributed by atoms with Crippen LogP contribution in [-0.2, 0) is 16.0 Å². The first kappa shape index (κ1) is 20.8. The molecule has 2 heterocycles. The second-order valence-electron chi connectivity index (χ2n) is 7.01. The molecule has 0 bridgehead atoms. The van der Waals surface area contributed by atoms with E-state index in [1.807, 2.05) is 38.1 Å². The predicted octanol–water partition coefficient (Wildman–Crippen LogP) is 3.83. The van der Waals surface area contributed by atoms with E-state index in [2.05, 4.69) is 36.2 Å². The number of carbonyl (C=O) groups is 2. The Kier molecular flexibility index (Phi) is 5.60. The Morgan fingerprint density at radius 3 is 2.61 bits per heavy atom. The van der Waals surface area contributed by atoms with Gasteiger partial charge in [0.2, 0.25) is 0 Å². The maximum absolute atomic E-state index is 12.8. The number of nitrogens with one attached hydrogen (secondary N) is 3.